The van der Waals surface area contributed by atoms with Gasteiger partial charge in [0.2, 0.25) is 0 Å². The predicted molar refractivity (Wildman–Crippen MR) is 78.6 cm³/mol. The maximum Gasteiger partial charge on any atom is 0.175 e. The molecule has 4 nitrogen and oxygen atoms in total. The van der Waals surface area contributed by atoms with Crippen molar-refractivity contribution < 1.29 is 17.5 Å². The molecule has 0 saturated carbocycles. The lowest BCUT2D eigenvalue weighted by atomic mass is 10.1. The van der Waals surface area contributed by atoms with E-state index in [1.807, 2.05) is 0 Å². The quantitative estimate of drug-likeness (QED) is 0.942. The molecule has 0 aliphatic carbocycles. The molecule has 0 amide bonds. The molecule has 0 fully saturated rings. The highest BCUT2D eigenvalue weighted by molar-refractivity contribution is 7.90. The summed E-state index contributed by atoms with van der Waals surface area (Å²) < 4.78 is 42.0. The minimum atomic E-state index is -3.26. The molecule has 2 aromatic carbocycles. The van der Waals surface area contributed by atoms with Crippen LogP contribution in [0.25, 0.3) is 0 Å². The molecular weight excluding hydrogens is 293 g/mol. The Bertz CT molecular complexity index is 740. The van der Waals surface area contributed by atoms with Crippen LogP contribution in [-0.2, 0) is 9.84 Å². The molecule has 21 heavy (non-hydrogen) atoms. The third-order valence-corrected chi connectivity index (χ3v) is 4.09. The minimum Gasteiger partial charge on any atom is -0.454 e. The topological polar surface area (TPSA) is 69.4 Å². The number of hydrogen-bond donors (Lipinski definition) is 1. The first-order valence-electron chi connectivity index (χ1n) is 6.30. The number of rotatable bonds is 4. The predicted octanol–water partition coefficient (Wildman–Crippen LogP) is 3.04. The normalized spacial score (nSPS) is 13.0. The highest BCUT2D eigenvalue weighted by Crippen LogP contribution is 2.27. The van der Waals surface area contributed by atoms with Gasteiger partial charge in [0, 0.05) is 12.3 Å². The summed E-state index contributed by atoms with van der Waals surface area (Å²) in [5.41, 5.74) is 6.35. The number of benzene rings is 2. The van der Waals surface area contributed by atoms with Gasteiger partial charge < -0.3 is 10.5 Å². The van der Waals surface area contributed by atoms with Gasteiger partial charge in [-0.1, -0.05) is 6.07 Å². The van der Waals surface area contributed by atoms with Crippen LogP contribution in [0, 0.1) is 5.82 Å². The molecule has 0 spiro atoms. The third kappa shape index (κ3) is 3.80. The van der Waals surface area contributed by atoms with Crippen molar-refractivity contribution >= 4 is 9.84 Å². The molecular formula is C15H16FNO3S. The first kappa shape index (κ1) is 15.5. The summed E-state index contributed by atoms with van der Waals surface area (Å²) >= 11 is 0. The first-order chi connectivity index (χ1) is 9.77. The average Bonchev–Trinajstić information content (AvgIpc) is 2.40. The Labute approximate surface area is 123 Å². The van der Waals surface area contributed by atoms with Crippen molar-refractivity contribution in [3.63, 3.8) is 0 Å². The van der Waals surface area contributed by atoms with E-state index >= 15 is 0 Å². The standard InChI is InChI=1S/C15H16FNO3S/c1-10(17)11-3-8-15(14(16)9-11)20-12-4-6-13(7-5-12)21(2,18)19/h3-10H,17H2,1-2H3/t10-/m0/s1. The first-order valence-corrected chi connectivity index (χ1v) is 8.19. The van der Waals surface area contributed by atoms with Crippen LogP contribution in [0.15, 0.2) is 47.4 Å². The highest BCUT2D eigenvalue weighted by Gasteiger charge is 2.10. The summed E-state index contributed by atoms with van der Waals surface area (Å²) in [4.78, 5) is 0.183. The van der Waals surface area contributed by atoms with Gasteiger partial charge >= 0.3 is 0 Å². The van der Waals surface area contributed by atoms with Gasteiger partial charge in [-0.05, 0) is 48.9 Å². The lowest BCUT2D eigenvalue weighted by molar-refractivity contribution is 0.441. The Kier molecular flexibility index (Phi) is 4.29. The number of ether oxygens (including phenoxy) is 1. The van der Waals surface area contributed by atoms with Crippen LogP contribution in [0.4, 0.5) is 4.39 Å². The Balaban J connectivity index is 2.22. The van der Waals surface area contributed by atoms with Crippen molar-refractivity contribution in [2.45, 2.75) is 17.9 Å². The molecule has 0 aromatic heterocycles. The van der Waals surface area contributed by atoms with E-state index in [4.69, 9.17) is 10.5 Å². The fourth-order valence-electron chi connectivity index (χ4n) is 1.76. The van der Waals surface area contributed by atoms with Gasteiger partial charge in [-0.25, -0.2) is 12.8 Å². The van der Waals surface area contributed by atoms with Crippen molar-refractivity contribution in [1.29, 1.82) is 0 Å². The van der Waals surface area contributed by atoms with E-state index in [-0.39, 0.29) is 16.7 Å². The lowest BCUT2D eigenvalue weighted by Crippen LogP contribution is -2.05. The van der Waals surface area contributed by atoms with Crippen LogP contribution in [0.2, 0.25) is 0 Å². The van der Waals surface area contributed by atoms with Gasteiger partial charge in [0.05, 0.1) is 4.90 Å². The second-order valence-electron chi connectivity index (χ2n) is 4.82. The molecule has 2 rings (SSSR count). The second-order valence-corrected chi connectivity index (χ2v) is 6.84. The van der Waals surface area contributed by atoms with E-state index < -0.39 is 15.7 Å². The van der Waals surface area contributed by atoms with Crippen molar-refractivity contribution in [1.82, 2.24) is 0 Å². The van der Waals surface area contributed by atoms with Gasteiger partial charge in [0.1, 0.15) is 5.75 Å². The molecule has 1 atom stereocenters. The number of nitrogens with two attached hydrogens (primary N) is 1. The van der Waals surface area contributed by atoms with E-state index in [9.17, 15) is 12.8 Å². The fraction of sp³-hybridized carbons (Fsp3) is 0.200. The molecule has 0 unspecified atom stereocenters. The molecule has 0 aliphatic heterocycles. The highest BCUT2D eigenvalue weighted by atomic mass is 32.2. The molecule has 112 valence electrons. The zero-order valence-corrected chi connectivity index (χ0v) is 12.5. The van der Waals surface area contributed by atoms with Crippen LogP contribution in [-0.4, -0.2) is 14.7 Å². The monoisotopic (exact) mass is 309 g/mol. The summed E-state index contributed by atoms with van der Waals surface area (Å²) in [6, 6.07) is 10.0. The zero-order valence-electron chi connectivity index (χ0n) is 11.7. The summed E-state index contributed by atoms with van der Waals surface area (Å²) in [6.45, 7) is 1.76. The molecule has 2 aromatic rings. The number of sulfone groups is 1. The molecule has 6 heteroatoms. The Morgan fingerprint density at radius 2 is 1.76 bits per heavy atom. The van der Waals surface area contributed by atoms with E-state index in [1.54, 1.807) is 13.0 Å². The van der Waals surface area contributed by atoms with Crippen LogP contribution < -0.4 is 10.5 Å². The van der Waals surface area contributed by atoms with Crippen LogP contribution in [0.3, 0.4) is 0 Å². The molecule has 0 aliphatic rings. The summed E-state index contributed by atoms with van der Waals surface area (Å²) in [6.07, 6.45) is 1.12. The molecule has 2 N–H and O–H groups in total. The van der Waals surface area contributed by atoms with E-state index in [2.05, 4.69) is 0 Å². The Hall–Kier alpha value is -1.92. The molecule has 0 radical (unpaired) electrons. The van der Waals surface area contributed by atoms with E-state index in [0.29, 0.717) is 11.3 Å². The molecule has 0 heterocycles. The van der Waals surface area contributed by atoms with Crippen molar-refractivity contribution in [2.75, 3.05) is 6.26 Å². The molecule has 0 bridgehead atoms. The van der Waals surface area contributed by atoms with Crippen molar-refractivity contribution in [2.24, 2.45) is 5.73 Å². The largest absolute Gasteiger partial charge is 0.454 e. The minimum absolute atomic E-state index is 0.0616. The molecule has 0 saturated heterocycles. The maximum atomic E-state index is 13.9. The van der Waals surface area contributed by atoms with Crippen molar-refractivity contribution in [3.05, 3.63) is 53.8 Å². The Morgan fingerprint density at radius 1 is 1.14 bits per heavy atom. The maximum absolute atomic E-state index is 13.9. The number of halogens is 1. The van der Waals surface area contributed by atoms with Crippen molar-refractivity contribution in [3.8, 4) is 11.5 Å². The third-order valence-electron chi connectivity index (χ3n) is 2.96. The van der Waals surface area contributed by atoms with Crippen LogP contribution >= 0.6 is 0 Å². The smallest absolute Gasteiger partial charge is 0.175 e. The summed E-state index contributed by atoms with van der Waals surface area (Å²) in [5.74, 6) is -0.0988. The van der Waals surface area contributed by atoms with Gasteiger partial charge in [0.25, 0.3) is 0 Å². The van der Waals surface area contributed by atoms with E-state index in [1.165, 1.54) is 36.4 Å². The SMILES string of the molecule is C[C@H](N)c1ccc(Oc2ccc(S(C)(=O)=O)cc2)c(F)c1. The lowest BCUT2D eigenvalue weighted by Gasteiger charge is -2.10. The summed E-state index contributed by atoms with van der Waals surface area (Å²) in [5, 5.41) is 0. The van der Waals surface area contributed by atoms with Crippen LogP contribution in [0.5, 0.6) is 11.5 Å². The average molecular weight is 309 g/mol. The van der Waals surface area contributed by atoms with Crippen LogP contribution in [0.1, 0.15) is 18.5 Å². The zero-order chi connectivity index (χ0) is 15.6. The fourth-order valence-corrected chi connectivity index (χ4v) is 2.40. The van der Waals surface area contributed by atoms with Gasteiger partial charge in [-0.3, -0.25) is 0 Å². The summed E-state index contributed by atoms with van der Waals surface area (Å²) in [7, 11) is -3.26. The van der Waals surface area contributed by atoms with Gasteiger partial charge in [-0.2, -0.15) is 0 Å². The van der Waals surface area contributed by atoms with E-state index in [0.717, 1.165) is 6.26 Å². The van der Waals surface area contributed by atoms with Gasteiger partial charge in [-0.15, -0.1) is 0 Å². The second kappa shape index (κ2) is 5.83. The number of hydrogen-bond acceptors (Lipinski definition) is 4. The Morgan fingerprint density at radius 3 is 2.24 bits per heavy atom. The van der Waals surface area contributed by atoms with Gasteiger partial charge in [0.15, 0.2) is 21.4 Å².